The summed E-state index contributed by atoms with van der Waals surface area (Å²) in [6, 6.07) is 12.1. The number of hydrogen-bond acceptors (Lipinski definition) is 3. The molecule has 2 heterocycles. The van der Waals surface area contributed by atoms with E-state index in [2.05, 4.69) is 11.1 Å². The molecule has 0 saturated carbocycles. The van der Waals surface area contributed by atoms with Crippen molar-refractivity contribution in [3.8, 4) is 6.07 Å². The Hall–Kier alpha value is -2.38. The van der Waals surface area contributed by atoms with Crippen LogP contribution in [0.3, 0.4) is 0 Å². The van der Waals surface area contributed by atoms with Crippen molar-refractivity contribution >= 4 is 34.0 Å². The van der Waals surface area contributed by atoms with Gasteiger partial charge in [0, 0.05) is 7.05 Å². The number of nitriles is 1. The van der Waals surface area contributed by atoms with E-state index < -0.39 is 0 Å². The fourth-order valence-electron chi connectivity index (χ4n) is 2.06. The van der Waals surface area contributed by atoms with Crippen LogP contribution in [-0.4, -0.2) is 9.55 Å². The van der Waals surface area contributed by atoms with Crippen LogP contribution in [0.2, 0.25) is 0 Å². The van der Waals surface area contributed by atoms with Gasteiger partial charge in [0.1, 0.15) is 6.07 Å². The highest BCUT2D eigenvalue weighted by Gasteiger charge is 2.11. The van der Waals surface area contributed by atoms with Crippen LogP contribution in [0.15, 0.2) is 41.1 Å². The number of imidazole rings is 1. The number of nitrogens with zero attached hydrogens (tertiary/aromatic N) is 3. The van der Waals surface area contributed by atoms with Gasteiger partial charge in [-0.05, 0) is 40.6 Å². The van der Waals surface area contributed by atoms with Gasteiger partial charge in [-0.3, -0.25) is 0 Å². The van der Waals surface area contributed by atoms with Crippen LogP contribution in [-0.2, 0) is 7.05 Å². The number of fused-ring (bicyclic) bond motifs is 1. The summed E-state index contributed by atoms with van der Waals surface area (Å²) in [7, 11) is 1.93. The second-order valence-corrected chi connectivity index (χ2v) is 4.99. The largest absolute Gasteiger partial charge is 0.327 e. The van der Waals surface area contributed by atoms with Crippen molar-refractivity contribution in [3.63, 3.8) is 0 Å². The molecular weight excluding hydrogens is 254 g/mol. The molecule has 0 aliphatic heterocycles. The van der Waals surface area contributed by atoms with Crippen LogP contribution in [0.4, 0.5) is 0 Å². The van der Waals surface area contributed by atoms with Gasteiger partial charge in [0.05, 0.1) is 16.6 Å². The van der Waals surface area contributed by atoms with Crippen molar-refractivity contribution in [2.24, 2.45) is 7.05 Å². The van der Waals surface area contributed by atoms with Crippen LogP contribution in [0.5, 0.6) is 0 Å². The molecule has 0 aliphatic carbocycles. The molecule has 3 rings (SSSR count). The molecule has 0 N–H and O–H groups in total. The van der Waals surface area contributed by atoms with E-state index in [4.69, 9.17) is 0 Å². The van der Waals surface area contributed by atoms with Crippen molar-refractivity contribution in [2.75, 3.05) is 0 Å². The molecule has 0 atom stereocenters. The van der Waals surface area contributed by atoms with Gasteiger partial charge in [-0.2, -0.15) is 16.6 Å². The smallest absolute Gasteiger partial charge is 0.151 e. The monoisotopic (exact) mass is 265 g/mol. The number of allylic oxidation sites excluding steroid dienone is 1. The number of hydrogen-bond donors (Lipinski definition) is 0. The lowest BCUT2D eigenvalue weighted by atomic mass is 10.2. The van der Waals surface area contributed by atoms with Crippen LogP contribution < -0.4 is 0 Å². The van der Waals surface area contributed by atoms with E-state index in [9.17, 15) is 5.26 Å². The second-order valence-electron chi connectivity index (χ2n) is 4.21. The summed E-state index contributed by atoms with van der Waals surface area (Å²) >= 11 is 1.62. The quantitative estimate of drug-likeness (QED) is 0.663. The first kappa shape index (κ1) is 11.7. The summed E-state index contributed by atoms with van der Waals surface area (Å²) in [5.74, 6) is 0.704. The number of aromatic nitrogens is 2. The van der Waals surface area contributed by atoms with Crippen molar-refractivity contribution < 1.29 is 0 Å². The topological polar surface area (TPSA) is 41.6 Å². The molecule has 0 radical (unpaired) electrons. The van der Waals surface area contributed by atoms with Gasteiger partial charge in [-0.1, -0.05) is 12.1 Å². The van der Waals surface area contributed by atoms with Gasteiger partial charge in [0.15, 0.2) is 5.82 Å². The summed E-state index contributed by atoms with van der Waals surface area (Å²) in [5.41, 5.74) is 3.56. The number of rotatable bonds is 2. The maximum absolute atomic E-state index is 9.36. The van der Waals surface area contributed by atoms with Gasteiger partial charge < -0.3 is 4.57 Å². The molecule has 0 aliphatic rings. The van der Waals surface area contributed by atoms with E-state index in [0.29, 0.717) is 11.4 Å². The fourth-order valence-corrected chi connectivity index (χ4v) is 2.68. The Balaban J connectivity index is 2.18. The van der Waals surface area contributed by atoms with E-state index in [-0.39, 0.29) is 0 Å². The maximum Gasteiger partial charge on any atom is 0.151 e. The lowest BCUT2D eigenvalue weighted by Gasteiger charge is -2.00. The number of para-hydroxylation sites is 2. The van der Waals surface area contributed by atoms with Gasteiger partial charge >= 0.3 is 0 Å². The van der Waals surface area contributed by atoms with Gasteiger partial charge in [0.2, 0.25) is 0 Å². The Morgan fingerprint density at radius 2 is 2.21 bits per heavy atom. The van der Waals surface area contributed by atoms with Gasteiger partial charge in [-0.25, -0.2) is 4.98 Å². The van der Waals surface area contributed by atoms with E-state index in [1.54, 1.807) is 11.3 Å². The van der Waals surface area contributed by atoms with Crippen molar-refractivity contribution in [1.82, 2.24) is 9.55 Å². The second kappa shape index (κ2) is 4.71. The van der Waals surface area contributed by atoms with Crippen molar-refractivity contribution in [1.29, 1.82) is 5.26 Å². The highest BCUT2D eigenvalue weighted by atomic mass is 32.1. The summed E-state index contributed by atoms with van der Waals surface area (Å²) in [6.45, 7) is 0. The summed E-state index contributed by atoms with van der Waals surface area (Å²) in [4.78, 5) is 4.54. The molecule has 19 heavy (non-hydrogen) atoms. The molecule has 0 fully saturated rings. The predicted molar refractivity (Wildman–Crippen MR) is 78.5 cm³/mol. The SMILES string of the molecule is Cn1c(/C(C#N)=C\c2ccsc2)nc2ccccc21. The number of aryl methyl sites for hydroxylation is 1. The minimum atomic E-state index is 0.581. The summed E-state index contributed by atoms with van der Waals surface area (Å²) in [5, 5.41) is 13.4. The van der Waals surface area contributed by atoms with E-state index in [1.807, 2.05) is 58.8 Å². The summed E-state index contributed by atoms with van der Waals surface area (Å²) < 4.78 is 1.96. The molecule has 0 amide bonds. The van der Waals surface area contributed by atoms with Crippen molar-refractivity contribution in [3.05, 3.63) is 52.5 Å². The molecule has 0 unspecified atom stereocenters. The van der Waals surface area contributed by atoms with E-state index >= 15 is 0 Å². The Morgan fingerprint density at radius 1 is 1.37 bits per heavy atom. The van der Waals surface area contributed by atoms with Crippen molar-refractivity contribution in [2.45, 2.75) is 0 Å². The van der Waals surface area contributed by atoms with E-state index in [1.165, 1.54) is 0 Å². The van der Waals surface area contributed by atoms with E-state index in [0.717, 1.165) is 16.6 Å². The third-order valence-electron chi connectivity index (χ3n) is 3.00. The third-order valence-corrected chi connectivity index (χ3v) is 3.70. The zero-order valence-electron chi connectivity index (χ0n) is 10.4. The number of thiophene rings is 1. The first-order valence-electron chi connectivity index (χ1n) is 5.85. The van der Waals surface area contributed by atoms with Crippen LogP contribution in [0.1, 0.15) is 11.4 Å². The minimum Gasteiger partial charge on any atom is -0.327 e. The molecule has 0 saturated heterocycles. The fraction of sp³-hybridized carbons (Fsp3) is 0.0667. The highest BCUT2D eigenvalue weighted by Crippen LogP contribution is 2.22. The molecule has 2 aromatic heterocycles. The molecule has 92 valence electrons. The van der Waals surface area contributed by atoms with Crippen LogP contribution in [0, 0.1) is 11.3 Å². The maximum atomic E-state index is 9.36. The Kier molecular flexibility index (Phi) is 2.90. The molecule has 1 aromatic carbocycles. The first-order chi connectivity index (χ1) is 9.29. The Morgan fingerprint density at radius 3 is 2.89 bits per heavy atom. The average molecular weight is 265 g/mol. The van der Waals surface area contributed by atoms with Gasteiger partial charge in [-0.15, -0.1) is 0 Å². The predicted octanol–water partition coefficient (Wildman–Crippen LogP) is 3.70. The molecule has 0 spiro atoms. The molecule has 3 aromatic rings. The summed E-state index contributed by atoms with van der Waals surface area (Å²) in [6.07, 6.45) is 1.87. The molecule has 3 nitrogen and oxygen atoms in total. The minimum absolute atomic E-state index is 0.581. The zero-order chi connectivity index (χ0) is 13.2. The zero-order valence-corrected chi connectivity index (χ0v) is 11.2. The number of benzene rings is 1. The molecule has 4 heteroatoms. The van der Waals surface area contributed by atoms with Crippen LogP contribution >= 0.6 is 11.3 Å². The molecular formula is C15H11N3S. The highest BCUT2D eigenvalue weighted by molar-refractivity contribution is 7.08. The Labute approximate surface area is 115 Å². The first-order valence-corrected chi connectivity index (χ1v) is 6.79. The standard InChI is InChI=1S/C15H11N3S/c1-18-14-5-3-2-4-13(14)17-15(18)12(9-16)8-11-6-7-19-10-11/h2-8,10H,1H3/b12-8-. The van der Waals surface area contributed by atoms with Crippen LogP contribution in [0.25, 0.3) is 22.7 Å². The molecule has 0 bridgehead atoms. The average Bonchev–Trinajstić information content (AvgIpc) is 3.05. The third kappa shape index (κ3) is 2.05. The Bertz CT molecular complexity index is 789. The lowest BCUT2D eigenvalue weighted by Crippen LogP contribution is -1.95. The van der Waals surface area contributed by atoms with Gasteiger partial charge in [0.25, 0.3) is 0 Å². The normalized spacial score (nSPS) is 11.7. The lowest BCUT2D eigenvalue weighted by molar-refractivity contribution is 0.925.